The highest BCUT2D eigenvalue weighted by molar-refractivity contribution is 5.75. The second-order valence-corrected chi connectivity index (χ2v) is 9.75. The zero-order chi connectivity index (χ0) is 25.7. The molecule has 1 saturated carbocycles. The Morgan fingerprint density at radius 1 is 1.22 bits per heavy atom. The highest BCUT2D eigenvalue weighted by Crippen LogP contribution is 2.63. The Morgan fingerprint density at radius 3 is 2.67 bits per heavy atom. The number of aliphatic hydroxyl groups is 1. The first-order chi connectivity index (χ1) is 17.1. The number of aliphatic hydroxyl groups excluding tert-OH is 1. The smallest absolute Gasteiger partial charge is 0.391 e. The molecular weight excluding hydrogens is 482 g/mol. The molecule has 194 valence electrons. The predicted octanol–water partition coefficient (Wildman–Crippen LogP) is 1.73. The second kappa shape index (κ2) is 9.11. The molecule has 5 rings (SSSR count). The SMILES string of the molecule is NC(=O)CN1CCC(CNc2ncnc(N3CC[C@@H]4C[C@@]43c3ccc(C(F)(F)F)nc3)c2F)C(O)C1. The number of nitrogens with zero attached hydrogens (tertiary/aromatic N) is 5. The number of aromatic nitrogens is 3. The van der Waals surface area contributed by atoms with Crippen molar-refractivity contribution in [2.45, 2.75) is 37.1 Å². The lowest BCUT2D eigenvalue weighted by Crippen LogP contribution is -2.48. The number of nitrogens with one attached hydrogen (secondary N) is 1. The van der Waals surface area contributed by atoms with Gasteiger partial charge in [0, 0.05) is 31.7 Å². The van der Waals surface area contributed by atoms with Crippen molar-refractivity contribution in [2.75, 3.05) is 42.9 Å². The van der Waals surface area contributed by atoms with Crippen molar-refractivity contribution >= 4 is 17.5 Å². The topological polar surface area (TPSA) is 120 Å². The molecule has 2 unspecified atom stereocenters. The minimum Gasteiger partial charge on any atom is -0.391 e. The number of pyridine rings is 1. The van der Waals surface area contributed by atoms with E-state index in [1.165, 1.54) is 18.6 Å². The number of carbonyl (C=O) groups is 1. The molecule has 3 fully saturated rings. The number of amides is 1. The van der Waals surface area contributed by atoms with Gasteiger partial charge in [-0.25, -0.2) is 9.97 Å². The molecule has 1 amide bonds. The number of anilines is 2. The zero-order valence-electron chi connectivity index (χ0n) is 19.4. The number of hydrogen-bond donors (Lipinski definition) is 3. The molecule has 0 spiro atoms. The van der Waals surface area contributed by atoms with Gasteiger partial charge in [-0.15, -0.1) is 0 Å². The third-order valence-electron chi connectivity index (χ3n) is 7.55. The van der Waals surface area contributed by atoms with Crippen LogP contribution in [0, 0.1) is 17.7 Å². The molecule has 4 atom stereocenters. The molecule has 13 heteroatoms. The number of alkyl halides is 3. The van der Waals surface area contributed by atoms with E-state index in [1.54, 1.807) is 9.80 Å². The number of likely N-dealkylation sites (tertiary alicyclic amines) is 1. The van der Waals surface area contributed by atoms with E-state index in [9.17, 15) is 23.1 Å². The highest BCUT2D eigenvalue weighted by Gasteiger charge is 2.64. The number of halogens is 4. The number of hydrogen-bond acceptors (Lipinski definition) is 8. The average Bonchev–Trinajstić information content (AvgIpc) is 3.44. The lowest BCUT2D eigenvalue weighted by Gasteiger charge is -2.35. The summed E-state index contributed by atoms with van der Waals surface area (Å²) in [4.78, 5) is 26.5. The van der Waals surface area contributed by atoms with E-state index in [0.717, 1.165) is 12.5 Å². The van der Waals surface area contributed by atoms with Crippen LogP contribution in [0.15, 0.2) is 24.7 Å². The summed E-state index contributed by atoms with van der Waals surface area (Å²) in [6.45, 7) is 1.74. The third-order valence-corrected chi connectivity index (χ3v) is 7.55. The van der Waals surface area contributed by atoms with E-state index < -0.39 is 35.2 Å². The molecule has 4 heterocycles. The Labute approximate surface area is 204 Å². The van der Waals surface area contributed by atoms with Crippen LogP contribution in [-0.4, -0.2) is 69.7 Å². The molecule has 9 nitrogen and oxygen atoms in total. The summed E-state index contributed by atoms with van der Waals surface area (Å²) in [5.74, 6) is -1.01. The van der Waals surface area contributed by atoms with Gasteiger partial charge in [-0.05, 0) is 43.4 Å². The van der Waals surface area contributed by atoms with Gasteiger partial charge in [0.05, 0.1) is 18.2 Å². The van der Waals surface area contributed by atoms with Crippen molar-refractivity contribution in [3.05, 3.63) is 41.7 Å². The molecule has 1 aliphatic carbocycles. The molecule has 3 aliphatic rings. The molecule has 0 bridgehead atoms. The highest BCUT2D eigenvalue weighted by atomic mass is 19.4. The Kier molecular flexibility index (Phi) is 6.23. The first-order valence-corrected chi connectivity index (χ1v) is 11.8. The van der Waals surface area contributed by atoms with E-state index in [0.29, 0.717) is 38.0 Å². The Hall–Kier alpha value is -3.06. The number of carbonyl (C=O) groups excluding carboxylic acids is 1. The van der Waals surface area contributed by atoms with Crippen molar-refractivity contribution in [2.24, 2.45) is 17.6 Å². The van der Waals surface area contributed by atoms with Crippen LogP contribution < -0.4 is 16.0 Å². The quantitative estimate of drug-likeness (QED) is 0.483. The summed E-state index contributed by atoms with van der Waals surface area (Å²) in [6.07, 6.45) is -0.715. The van der Waals surface area contributed by atoms with Gasteiger partial charge in [-0.2, -0.15) is 17.6 Å². The fourth-order valence-electron chi connectivity index (χ4n) is 5.64. The van der Waals surface area contributed by atoms with Gasteiger partial charge in [-0.3, -0.25) is 14.7 Å². The van der Waals surface area contributed by atoms with Crippen molar-refractivity contribution in [3.8, 4) is 0 Å². The van der Waals surface area contributed by atoms with Crippen LogP contribution in [0.5, 0.6) is 0 Å². The van der Waals surface area contributed by atoms with Crippen molar-refractivity contribution in [1.82, 2.24) is 19.9 Å². The largest absolute Gasteiger partial charge is 0.433 e. The molecule has 36 heavy (non-hydrogen) atoms. The fourth-order valence-corrected chi connectivity index (χ4v) is 5.64. The van der Waals surface area contributed by atoms with Gasteiger partial charge in [0.2, 0.25) is 11.7 Å². The monoisotopic (exact) mass is 509 g/mol. The predicted molar refractivity (Wildman–Crippen MR) is 121 cm³/mol. The molecule has 2 saturated heterocycles. The molecule has 4 N–H and O–H groups in total. The van der Waals surface area contributed by atoms with E-state index in [-0.39, 0.29) is 36.6 Å². The Bertz CT molecular complexity index is 1130. The molecule has 2 aromatic rings. The van der Waals surface area contributed by atoms with Crippen LogP contribution in [0.4, 0.5) is 29.2 Å². The van der Waals surface area contributed by atoms with Gasteiger partial charge in [-0.1, -0.05) is 6.07 Å². The third kappa shape index (κ3) is 4.45. The van der Waals surface area contributed by atoms with Crippen LogP contribution in [0.3, 0.4) is 0 Å². The fraction of sp³-hybridized carbons (Fsp3) is 0.565. The molecule has 0 aromatic carbocycles. The Morgan fingerprint density at radius 2 is 2.03 bits per heavy atom. The molecule has 0 radical (unpaired) electrons. The number of primary amides is 1. The van der Waals surface area contributed by atoms with Crippen LogP contribution in [0.1, 0.15) is 30.5 Å². The first kappa shape index (κ1) is 24.6. The van der Waals surface area contributed by atoms with Crippen LogP contribution in [-0.2, 0) is 16.5 Å². The van der Waals surface area contributed by atoms with Crippen molar-refractivity contribution < 1.29 is 27.5 Å². The minimum atomic E-state index is -4.53. The van der Waals surface area contributed by atoms with Gasteiger partial charge >= 0.3 is 6.18 Å². The summed E-state index contributed by atoms with van der Waals surface area (Å²) < 4.78 is 54.4. The summed E-state index contributed by atoms with van der Waals surface area (Å²) in [7, 11) is 0. The van der Waals surface area contributed by atoms with E-state index in [2.05, 4.69) is 20.3 Å². The average molecular weight is 510 g/mol. The zero-order valence-corrected chi connectivity index (χ0v) is 19.4. The number of β-amino-alcohol motifs (C(OH)–C–C–N with tert-alkyl or cyclic N) is 1. The van der Waals surface area contributed by atoms with Gasteiger partial charge in [0.1, 0.15) is 12.0 Å². The standard InChI is InChI=1S/C23H27F4N7O2/c24-19-20(30-8-13-3-5-33(10-16(13)35)11-18(28)36)31-12-32-21(19)34-6-4-14-7-22(14,34)15-1-2-17(29-9-15)23(25,26)27/h1-2,9,12-14,16,35H,3-8,10-11H2,(H2,28,36)(H,30,31,32)/t13?,14-,16?,22+/m1/s1. The number of piperidine rings is 2. The van der Waals surface area contributed by atoms with E-state index in [1.807, 2.05) is 0 Å². The number of nitrogens with two attached hydrogens (primary N) is 1. The normalized spacial score (nSPS) is 28.1. The molecule has 2 aliphatic heterocycles. The maximum Gasteiger partial charge on any atom is 0.433 e. The lowest BCUT2D eigenvalue weighted by molar-refractivity contribution is -0.141. The summed E-state index contributed by atoms with van der Waals surface area (Å²) in [6, 6.07) is 2.37. The maximum absolute atomic E-state index is 15.6. The van der Waals surface area contributed by atoms with E-state index >= 15 is 4.39 Å². The number of rotatable bonds is 7. The van der Waals surface area contributed by atoms with Gasteiger partial charge in [0.25, 0.3) is 0 Å². The van der Waals surface area contributed by atoms with Gasteiger partial charge in [0.15, 0.2) is 11.6 Å². The number of fused-ring (bicyclic) bond motifs is 1. The van der Waals surface area contributed by atoms with Crippen LogP contribution in [0.25, 0.3) is 0 Å². The first-order valence-electron chi connectivity index (χ1n) is 11.8. The van der Waals surface area contributed by atoms with Crippen LogP contribution in [0.2, 0.25) is 0 Å². The van der Waals surface area contributed by atoms with Crippen LogP contribution >= 0.6 is 0 Å². The molecular formula is C23H27F4N7O2. The maximum atomic E-state index is 15.6. The summed E-state index contributed by atoms with van der Waals surface area (Å²) in [5.41, 5.74) is 4.23. The van der Waals surface area contributed by atoms with E-state index in [4.69, 9.17) is 5.73 Å². The Balaban J connectivity index is 1.30. The van der Waals surface area contributed by atoms with Gasteiger partial charge < -0.3 is 21.1 Å². The summed E-state index contributed by atoms with van der Waals surface area (Å²) in [5, 5.41) is 13.4. The summed E-state index contributed by atoms with van der Waals surface area (Å²) >= 11 is 0. The molecule has 2 aromatic heterocycles. The van der Waals surface area contributed by atoms with Crippen molar-refractivity contribution in [3.63, 3.8) is 0 Å². The lowest BCUT2D eigenvalue weighted by atomic mass is 9.93. The second-order valence-electron chi connectivity index (χ2n) is 9.75. The minimum absolute atomic E-state index is 0.00319. The van der Waals surface area contributed by atoms with Crippen molar-refractivity contribution in [1.29, 1.82) is 0 Å².